The number of hydrogen-bond donors (Lipinski definition) is 1. The Morgan fingerprint density at radius 2 is 1.85 bits per heavy atom. The minimum atomic E-state index is -0.900. The molecule has 0 fully saturated rings. The predicted molar refractivity (Wildman–Crippen MR) is 82.1 cm³/mol. The lowest BCUT2D eigenvalue weighted by atomic mass is 10.1. The minimum Gasteiger partial charge on any atom is -0.478 e. The highest BCUT2D eigenvalue weighted by Gasteiger charge is 2.07. The molecular weight excluding hydrogens is 318 g/mol. The molecule has 3 nitrogen and oxygen atoms in total. The van der Waals surface area contributed by atoms with E-state index in [9.17, 15) is 4.79 Å². The molecule has 0 aliphatic rings. The molecule has 2 aromatic carbocycles. The van der Waals surface area contributed by atoms with Gasteiger partial charge in [0, 0.05) is 22.7 Å². The van der Waals surface area contributed by atoms with Crippen molar-refractivity contribution in [2.75, 3.05) is 0 Å². The van der Waals surface area contributed by atoms with Crippen molar-refractivity contribution >= 4 is 32.8 Å². The first kappa shape index (κ1) is 12.9. The van der Waals surface area contributed by atoms with Gasteiger partial charge in [-0.3, -0.25) is 0 Å². The van der Waals surface area contributed by atoms with E-state index < -0.39 is 5.97 Å². The summed E-state index contributed by atoms with van der Waals surface area (Å²) < 4.78 is 3.11. The van der Waals surface area contributed by atoms with Crippen LogP contribution in [0.1, 0.15) is 15.9 Å². The fraction of sp³-hybridized carbons (Fsp3) is 0.0625. The molecule has 0 radical (unpaired) electrons. The van der Waals surface area contributed by atoms with E-state index in [1.54, 1.807) is 12.1 Å². The normalized spacial score (nSPS) is 10.8. The van der Waals surface area contributed by atoms with Gasteiger partial charge < -0.3 is 9.67 Å². The summed E-state index contributed by atoms with van der Waals surface area (Å²) in [6, 6.07) is 15.3. The van der Waals surface area contributed by atoms with Crippen LogP contribution in [0.15, 0.2) is 59.2 Å². The van der Waals surface area contributed by atoms with Crippen molar-refractivity contribution in [3.8, 4) is 0 Å². The van der Waals surface area contributed by atoms with Crippen LogP contribution in [0.4, 0.5) is 0 Å². The van der Waals surface area contributed by atoms with Gasteiger partial charge in [-0.1, -0.05) is 34.1 Å². The average molecular weight is 330 g/mol. The number of aromatic nitrogens is 1. The number of carbonyl (C=O) groups is 1. The maximum Gasteiger partial charge on any atom is 0.335 e. The second kappa shape index (κ2) is 5.13. The van der Waals surface area contributed by atoms with Crippen molar-refractivity contribution in [2.45, 2.75) is 6.54 Å². The third-order valence-corrected chi connectivity index (χ3v) is 3.82. The highest BCUT2D eigenvalue weighted by atomic mass is 79.9. The van der Waals surface area contributed by atoms with Crippen molar-refractivity contribution in [3.63, 3.8) is 0 Å². The van der Waals surface area contributed by atoms with Crippen molar-refractivity contribution in [1.82, 2.24) is 4.57 Å². The Hall–Kier alpha value is -2.07. The van der Waals surface area contributed by atoms with Gasteiger partial charge in [0.1, 0.15) is 0 Å². The van der Waals surface area contributed by atoms with E-state index in [1.165, 1.54) is 5.56 Å². The molecule has 0 saturated carbocycles. The third kappa shape index (κ3) is 2.47. The fourth-order valence-electron chi connectivity index (χ4n) is 2.24. The molecule has 100 valence electrons. The molecule has 0 amide bonds. The second-order valence-electron chi connectivity index (χ2n) is 4.65. The van der Waals surface area contributed by atoms with E-state index in [0.29, 0.717) is 5.56 Å². The van der Waals surface area contributed by atoms with E-state index >= 15 is 0 Å². The molecule has 0 unspecified atom stereocenters. The van der Waals surface area contributed by atoms with E-state index in [-0.39, 0.29) is 0 Å². The lowest BCUT2D eigenvalue weighted by Crippen LogP contribution is -2.00. The van der Waals surface area contributed by atoms with Crippen LogP contribution < -0.4 is 0 Å². The van der Waals surface area contributed by atoms with Gasteiger partial charge in [-0.15, -0.1) is 0 Å². The summed E-state index contributed by atoms with van der Waals surface area (Å²) in [5.41, 5.74) is 2.42. The summed E-state index contributed by atoms with van der Waals surface area (Å²) >= 11 is 3.42. The maximum absolute atomic E-state index is 11.1. The molecule has 1 heterocycles. The first-order valence-electron chi connectivity index (χ1n) is 6.20. The number of nitrogens with zero attached hydrogens (tertiary/aromatic N) is 1. The van der Waals surface area contributed by atoms with Crippen LogP contribution in [0, 0.1) is 0 Å². The molecule has 0 spiro atoms. The van der Waals surface area contributed by atoms with Crippen molar-refractivity contribution in [2.24, 2.45) is 0 Å². The number of hydrogen-bond acceptors (Lipinski definition) is 1. The molecule has 0 atom stereocenters. The number of aromatic carboxylic acids is 1. The van der Waals surface area contributed by atoms with E-state index in [0.717, 1.165) is 21.9 Å². The van der Waals surface area contributed by atoms with Gasteiger partial charge in [0.25, 0.3) is 0 Å². The molecule has 3 aromatic rings. The fourth-order valence-corrected chi connectivity index (χ4v) is 2.51. The molecule has 0 aliphatic carbocycles. The third-order valence-electron chi connectivity index (χ3n) is 3.29. The van der Waals surface area contributed by atoms with Gasteiger partial charge in [0.2, 0.25) is 0 Å². The van der Waals surface area contributed by atoms with Gasteiger partial charge in [0.15, 0.2) is 0 Å². The smallest absolute Gasteiger partial charge is 0.335 e. The summed E-state index contributed by atoms with van der Waals surface area (Å²) in [4.78, 5) is 11.1. The quantitative estimate of drug-likeness (QED) is 0.784. The van der Waals surface area contributed by atoms with Crippen LogP contribution in [0.25, 0.3) is 10.9 Å². The van der Waals surface area contributed by atoms with E-state index in [1.807, 2.05) is 30.5 Å². The number of fused-ring (bicyclic) bond motifs is 1. The number of rotatable bonds is 3. The summed E-state index contributed by atoms with van der Waals surface area (Å²) in [6.07, 6.45) is 1.98. The summed E-state index contributed by atoms with van der Waals surface area (Å²) in [7, 11) is 0. The molecule has 4 heteroatoms. The largest absolute Gasteiger partial charge is 0.478 e. The monoisotopic (exact) mass is 329 g/mol. The zero-order valence-electron chi connectivity index (χ0n) is 10.6. The lowest BCUT2D eigenvalue weighted by molar-refractivity contribution is 0.0697. The molecule has 3 rings (SSSR count). The van der Waals surface area contributed by atoms with Crippen LogP contribution in [0.2, 0.25) is 0 Å². The van der Waals surface area contributed by atoms with Gasteiger partial charge >= 0.3 is 5.97 Å². The van der Waals surface area contributed by atoms with Crippen LogP contribution in [0.3, 0.4) is 0 Å². The van der Waals surface area contributed by atoms with Gasteiger partial charge in [-0.25, -0.2) is 4.79 Å². The predicted octanol–water partition coefficient (Wildman–Crippen LogP) is 4.15. The average Bonchev–Trinajstić information content (AvgIpc) is 2.84. The highest BCUT2D eigenvalue weighted by Crippen LogP contribution is 2.20. The summed E-state index contributed by atoms with van der Waals surface area (Å²) in [6.45, 7) is 0.722. The van der Waals surface area contributed by atoms with Crippen LogP contribution >= 0.6 is 15.9 Å². The Kier molecular flexibility index (Phi) is 3.32. The van der Waals surface area contributed by atoms with Crippen molar-refractivity contribution in [3.05, 3.63) is 70.3 Å². The maximum atomic E-state index is 11.1. The molecule has 20 heavy (non-hydrogen) atoms. The Morgan fingerprint density at radius 3 is 2.55 bits per heavy atom. The molecule has 0 bridgehead atoms. The number of carboxylic acid groups (broad SMARTS) is 1. The van der Waals surface area contributed by atoms with Crippen LogP contribution in [0.5, 0.6) is 0 Å². The van der Waals surface area contributed by atoms with Gasteiger partial charge in [-0.05, 0) is 41.3 Å². The molecule has 0 saturated heterocycles. The van der Waals surface area contributed by atoms with Gasteiger partial charge in [0.05, 0.1) is 5.56 Å². The lowest BCUT2D eigenvalue weighted by Gasteiger charge is -2.06. The van der Waals surface area contributed by atoms with Crippen molar-refractivity contribution in [1.29, 1.82) is 0 Å². The highest BCUT2D eigenvalue weighted by molar-refractivity contribution is 9.10. The second-order valence-corrected chi connectivity index (χ2v) is 5.56. The Balaban J connectivity index is 2.00. The van der Waals surface area contributed by atoms with E-state index in [4.69, 9.17) is 5.11 Å². The van der Waals surface area contributed by atoms with Crippen LogP contribution in [-0.4, -0.2) is 15.6 Å². The van der Waals surface area contributed by atoms with Gasteiger partial charge in [-0.2, -0.15) is 0 Å². The number of benzene rings is 2. The SMILES string of the molecule is O=C(O)c1ccc2ccn(Cc3ccc(Br)cc3)c2c1. The Bertz CT molecular complexity index is 775. The van der Waals surface area contributed by atoms with E-state index in [2.05, 4.69) is 32.6 Å². The van der Waals surface area contributed by atoms with Crippen molar-refractivity contribution < 1.29 is 9.90 Å². The Morgan fingerprint density at radius 1 is 1.10 bits per heavy atom. The van der Waals surface area contributed by atoms with Crippen LogP contribution in [-0.2, 0) is 6.54 Å². The summed E-state index contributed by atoms with van der Waals surface area (Å²) in [5, 5.41) is 10.1. The topological polar surface area (TPSA) is 42.2 Å². The minimum absolute atomic E-state index is 0.313. The zero-order chi connectivity index (χ0) is 14.1. The molecular formula is C16H12BrNO2. The number of carboxylic acids is 1. The first-order chi connectivity index (χ1) is 9.63. The standard InChI is InChI=1S/C16H12BrNO2/c17-14-5-1-11(2-6-14)10-18-8-7-12-3-4-13(16(19)20)9-15(12)18/h1-9H,10H2,(H,19,20). The first-order valence-corrected chi connectivity index (χ1v) is 6.99. The Labute approximate surface area is 124 Å². The number of halogens is 1. The molecule has 1 N–H and O–H groups in total. The molecule has 0 aliphatic heterocycles. The summed E-state index contributed by atoms with van der Waals surface area (Å²) in [5.74, 6) is -0.900. The molecule has 1 aromatic heterocycles. The zero-order valence-corrected chi connectivity index (χ0v) is 12.2.